The number of allylic oxidation sites excluding steroid dienone is 2. The van der Waals surface area contributed by atoms with Gasteiger partial charge in [-0.1, -0.05) is 80.9 Å². The lowest BCUT2D eigenvalue weighted by Crippen LogP contribution is -3.00. The fraction of sp³-hybridized carbons (Fsp3) is 0.231. The molecule has 2 heteroatoms. The largest absolute Gasteiger partial charge is 1.00 e. The molecule has 0 radical (unpaired) electrons. The third kappa shape index (κ3) is 5.13. The van der Waals surface area contributed by atoms with E-state index in [9.17, 15) is 0 Å². The third-order valence-electron chi connectivity index (χ3n) is 5.29. The molecule has 0 unspecified atom stereocenters. The van der Waals surface area contributed by atoms with Crippen LogP contribution in [0.25, 0.3) is 0 Å². The van der Waals surface area contributed by atoms with Crippen LogP contribution in [-0.4, -0.2) is 6.16 Å². The Morgan fingerprint density at radius 1 is 0.750 bits per heavy atom. The van der Waals surface area contributed by atoms with Crippen LogP contribution in [0.15, 0.2) is 103 Å². The van der Waals surface area contributed by atoms with Crippen LogP contribution in [0.3, 0.4) is 0 Å². The highest BCUT2D eigenvalue weighted by atomic mass is 127. The molecule has 0 bridgehead atoms. The van der Waals surface area contributed by atoms with Crippen molar-refractivity contribution in [2.45, 2.75) is 27.2 Å². The van der Waals surface area contributed by atoms with Gasteiger partial charge in [0, 0.05) is 0 Å². The summed E-state index contributed by atoms with van der Waals surface area (Å²) in [6, 6.07) is 33.4. The van der Waals surface area contributed by atoms with Gasteiger partial charge in [0.2, 0.25) is 0 Å². The molecule has 0 heterocycles. The summed E-state index contributed by atoms with van der Waals surface area (Å²) in [5, 5.41) is 4.37. The molecule has 3 rings (SSSR count). The summed E-state index contributed by atoms with van der Waals surface area (Å²) in [4.78, 5) is 0. The SMILES string of the molecule is CC[C@@H](C)/C=C(\C)C[P+](c1ccccc1)(c1ccccc1)c1ccccc1.[I-]. The number of hydrogen-bond donors (Lipinski definition) is 0. The molecule has 28 heavy (non-hydrogen) atoms. The summed E-state index contributed by atoms with van der Waals surface area (Å²) in [5.74, 6) is 0.620. The average molecular weight is 500 g/mol. The first-order chi connectivity index (χ1) is 13.2. The van der Waals surface area contributed by atoms with Crippen LogP contribution in [0.5, 0.6) is 0 Å². The molecule has 0 fully saturated rings. The molecule has 0 aliphatic rings. The van der Waals surface area contributed by atoms with Gasteiger partial charge in [0.05, 0.1) is 6.16 Å². The minimum Gasteiger partial charge on any atom is -1.00 e. The molecule has 0 nitrogen and oxygen atoms in total. The van der Waals surface area contributed by atoms with Gasteiger partial charge in [-0.15, -0.1) is 0 Å². The van der Waals surface area contributed by atoms with E-state index in [2.05, 4.69) is 118 Å². The molecule has 0 aliphatic carbocycles. The predicted molar refractivity (Wildman–Crippen MR) is 123 cm³/mol. The Morgan fingerprint density at radius 2 is 1.11 bits per heavy atom. The van der Waals surface area contributed by atoms with Crippen molar-refractivity contribution in [2.75, 3.05) is 6.16 Å². The Hall–Kier alpha value is -1.44. The van der Waals surface area contributed by atoms with E-state index >= 15 is 0 Å². The van der Waals surface area contributed by atoms with Crippen molar-refractivity contribution in [3.8, 4) is 0 Å². The van der Waals surface area contributed by atoms with Crippen LogP contribution in [-0.2, 0) is 0 Å². The molecule has 0 amide bonds. The zero-order chi connectivity index (χ0) is 19.1. The fourth-order valence-electron chi connectivity index (χ4n) is 3.80. The van der Waals surface area contributed by atoms with Gasteiger partial charge < -0.3 is 24.0 Å². The van der Waals surface area contributed by atoms with Crippen molar-refractivity contribution in [2.24, 2.45) is 5.92 Å². The van der Waals surface area contributed by atoms with Crippen LogP contribution in [0.4, 0.5) is 0 Å². The van der Waals surface area contributed by atoms with Gasteiger partial charge in [-0.3, -0.25) is 0 Å². The van der Waals surface area contributed by atoms with Crippen molar-refractivity contribution in [3.05, 3.63) is 103 Å². The minimum atomic E-state index is -1.74. The molecule has 0 saturated heterocycles. The Balaban J connectivity index is 0.00000280. The molecule has 0 N–H and O–H groups in total. The third-order valence-corrected chi connectivity index (χ3v) is 9.80. The van der Waals surface area contributed by atoms with Crippen molar-refractivity contribution >= 4 is 23.2 Å². The number of rotatable bonds is 7. The molecule has 0 saturated carbocycles. The maximum Gasteiger partial charge on any atom is 0.116 e. The quantitative estimate of drug-likeness (QED) is 0.266. The van der Waals surface area contributed by atoms with E-state index in [0.717, 1.165) is 6.16 Å². The van der Waals surface area contributed by atoms with Gasteiger partial charge in [0.15, 0.2) is 0 Å². The molecular weight excluding hydrogens is 470 g/mol. The van der Waals surface area contributed by atoms with E-state index in [1.807, 2.05) is 0 Å². The van der Waals surface area contributed by atoms with Crippen LogP contribution in [0.1, 0.15) is 27.2 Å². The van der Waals surface area contributed by atoms with E-state index in [0.29, 0.717) is 5.92 Å². The Labute approximate surface area is 188 Å². The summed E-state index contributed by atoms with van der Waals surface area (Å²) >= 11 is 0. The molecular formula is C26H30IP. The average Bonchev–Trinajstić information content (AvgIpc) is 2.74. The first kappa shape index (κ1) is 22.8. The van der Waals surface area contributed by atoms with Gasteiger partial charge in [-0.25, -0.2) is 0 Å². The van der Waals surface area contributed by atoms with E-state index in [1.165, 1.54) is 27.9 Å². The van der Waals surface area contributed by atoms with E-state index < -0.39 is 7.26 Å². The second kappa shape index (κ2) is 10.9. The number of halogens is 1. The van der Waals surface area contributed by atoms with Crippen LogP contribution < -0.4 is 39.9 Å². The number of benzene rings is 3. The first-order valence-electron chi connectivity index (χ1n) is 9.89. The van der Waals surface area contributed by atoms with Gasteiger partial charge in [0.1, 0.15) is 23.2 Å². The highest BCUT2D eigenvalue weighted by Crippen LogP contribution is 2.56. The molecule has 0 spiro atoms. The van der Waals surface area contributed by atoms with E-state index in [1.54, 1.807) is 0 Å². The highest BCUT2D eigenvalue weighted by molar-refractivity contribution is 7.95. The Kier molecular flexibility index (Phi) is 8.92. The summed E-state index contributed by atoms with van der Waals surface area (Å²) in [5.41, 5.74) is 1.49. The maximum atomic E-state index is 2.48. The van der Waals surface area contributed by atoms with E-state index in [-0.39, 0.29) is 24.0 Å². The lowest BCUT2D eigenvalue weighted by molar-refractivity contribution is -0.00000554. The first-order valence-corrected chi connectivity index (χ1v) is 11.9. The van der Waals surface area contributed by atoms with Crippen LogP contribution in [0.2, 0.25) is 0 Å². The topological polar surface area (TPSA) is 0 Å². The van der Waals surface area contributed by atoms with Gasteiger partial charge in [-0.05, 0) is 54.8 Å². The van der Waals surface area contributed by atoms with Gasteiger partial charge >= 0.3 is 0 Å². The second-order valence-corrected chi connectivity index (χ2v) is 10.9. The Morgan fingerprint density at radius 3 is 1.43 bits per heavy atom. The molecule has 3 aromatic carbocycles. The lowest BCUT2D eigenvalue weighted by atomic mass is 10.1. The van der Waals surface area contributed by atoms with Crippen LogP contribution in [0, 0.1) is 5.92 Å². The number of hydrogen-bond acceptors (Lipinski definition) is 0. The van der Waals surface area contributed by atoms with Crippen LogP contribution >= 0.6 is 7.26 Å². The van der Waals surface area contributed by atoms with E-state index in [4.69, 9.17) is 0 Å². The maximum absolute atomic E-state index is 2.48. The summed E-state index contributed by atoms with van der Waals surface area (Å²) in [7, 11) is -1.74. The smallest absolute Gasteiger partial charge is 0.116 e. The monoisotopic (exact) mass is 500 g/mol. The summed E-state index contributed by atoms with van der Waals surface area (Å²) in [6.07, 6.45) is 4.75. The molecule has 146 valence electrons. The second-order valence-electron chi connectivity index (χ2n) is 7.37. The normalized spacial score (nSPS) is 12.9. The van der Waals surface area contributed by atoms with Gasteiger partial charge in [0.25, 0.3) is 0 Å². The predicted octanol–water partition coefficient (Wildman–Crippen LogP) is 2.98. The fourth-order valence-corrected chi connectivity index (χ4v) is 8.14. The zero-order valence-corrected chi connectivity index (χ0v) is 20.1. The Bertz CT molecular complexity index is 760. The summed E-state index contributed by atoms with van der Waals surface area (Å²) < 4.78 is 0. The minimum absolute atomic E-state index is 0. The van der Waals surface area contributed by atoms with Gasteiger partial charge in [-0.2, -0.15) is 0 Å². The molecule has 0 aromatic heterocycles. The van der Waals surface area contributed by atoms with Crippen molar-refractivity contribution in [3.63, 3.8) is 0 Å². The summed E-state index contributed by atoms with van der Waals surface area (Å²) in [6.45, 7) is 6.90. The lowest BCUT2D eigenvalue weighted by Gasteiger charge is -2.28. The standard InChI is InChI=1S/C26H30P.HI/c1-4-22(2)20-23(3)21-27(24-14-8-5-9-15-24,25-16-10-6-11-17-25)26-18-12-7-13-19-26;/h5-20,22H,4,21H2,1-3H3;1H/q+1;/p-1/b23-20+;/t22-;/m1./s1. The van der Waals surface area contributed by atoms with Crippen molar-refractivity contribution in [1.29, 1.82) is 0 Å². The molecule has 0 aliphatic heterocycles. The van der Waals surface area contributed by atoms with Crippen molar-refractivity contribution < 1.29 is 24.0 Å². The van der Waals surface area contributed by atoms with Crippen molar-refractivity contribution in [1.82, 2.24) is 0 Å². The molecule has 3 aromatic rings. The highest BCUT2D eigenvalue weighted by Gasteiger charge is 2.45. The zero-order valence-electron chi connectivity index (χ0n) is 17.1. The molecule has 1 atom stereocenters.